The predicted molar refractivity (Wildman–Crippen MR) is 118 cm³/mol. The van der Waals surface area contributed by atoms with Crippen molar-refractivity contribution in [1.29, 1.82) is 0 Å². The number of fused-ring (bicyclic) bond motifs is 1. The van der Waals surface area contributed by atoms with E-state index in [1.807, 2.05) is 35.3 Å². The minimum Gasteiger partial charge on any atom is -0.458 e. The summed E-state index contributed by atoms with van der Waals surface area (Å²) in [6.45, 7) is 7.12. The molecule has 31 heavy (non-hydrogen) atoms. The second-order valence-electron chi connectivity index (χ2n) is 8.38. The van der Waals surface area contributed by atoms with E-state index >= 15 is 0 Å². The van der Waals surface area contributed by atoms with Crippen molar-refractivity contribution < 1.29 is 18.7 Å². The maximum absolute atomic E-state index is 12.9. The largest absolute Gasteiger partial charge is 0.458 e. The van der Waals surface area contributed by atoms with Crippen LogP contribution >= 0.6 is 0 Å². The predicted octanol–water partition coefficient (Wildman–Crippen LogP) is 4.96. The third-order valence-electron chi connectivity index (χ3n) is 5.85. The smallest absolute Gasteiger partial charge is 0.303 e. The van der Waals surface area contributed by atoms with Crippen molar-refractivity contribution in [2.24, 2.45) is 0 Å². The zero-order valence-electron chi connectivity index (χ0n) is 18.6. The molecule has 1 fully saturated rings. The van der Waals surface area contributed by atoms with Crippen LogP contribution in [0.25, 0.3) is 17.1 Å². The third kappa shape index (κ3) is 4.22. The van der Waals surface area contributed by atoms with E-state index in [1.54, 1.807) is 13.0 Å². The lowest BCUT2D eigenvalue weighted by Gasteiger charge is -2.33. The molecular weight excluding hydrogens is 394 g/mol. The van der Waals surface area contributed by atoms with Gasteiger partial charge in [-0.05, 0) is 56.5 Å². The van der Waals surface area contributed by atoms with Crippen molar-refractivity contribution in [1.82, 2.24) is 9.38 Å². The lowest BCUT2D eigenvalue weighted by atomic mass is 9.94. The van der Waals surface area contributed by atoms with Gasteiger partial charge in [0, 0.05) is 25.6 Å². The van der Waals surface area contributed by atoms with E-state index in [-0.39, 0.29) is 24.5 Å². The Hall–Kier alpha value is -3.09. The van der Waals surface area contributed by atoms with Crippen LogP contribution in [0.4, 0.5) is 5.82 Å². The number of anilines is 1. The molecule has 0 saturated heterocycles. The van der Waals surface area contributed by atoms with Crippen molar-refractivity contribution in [3.8, 4) is 11.5 Å². The number of hydrogen-bond acceptors (Lipinski definition) is 5. The summed E-state index contributed by atoms with van der Waals surface area (Å²) in [5.41, 5.74) is 3.53. The summed E-state index contributed by atoms with van der Waals surface area (Å²) >= 11 is 0. The van der Waals surface area contributed by atoms with Crippen LogP contribution in [0.15, 0.2) is 28.7 Å². The molecule has 1 aliphatic rings. The first kappa shape index (κ1) is 21.2. The maximum atomic E-state index is 12.9. The Labute approximate surface area is 182 Å². The number of hydrogen-bond donors (Lipinski definition) is 0. The van der Waals surface area contributed by atoms with Gasteiger partial charge in [0.25, 0.3) is 0 Å². The minimum atomic E-state index is -0.363. The fourth-order valence-electron chi connectivity index (χ4n) is 4.57. The van der Waals surface area contributed by atoms with Gasteiger partial charge in [0.15, 0.2) is 11.6 Å². The summed E-state index contributed by atoms with van der Waals surface area (Å²) in [5.74, 6) is 1.48. The number of aryl methyl sites for hydroxylation is 2. The van der Waals surface area contributed by atoms with Gasteiger partial charge < -0.3 is 9.15 Å². The van der Waals surface area contributed by atoms with E-state index in [0.717, 1.165) is 48.4 Å². The number of carbonyl (C=O) groups is 2. The van der Waals surface area contributed by atoms with Crippen molar-refractivity contribution in [2.45, 2.75) is 72.4 Å². The highest BCUT2D eigenvalue weighted by Gasteiger charge is 2.31. The van der Waals surface area contributed by atoms with E-state index < -0.39 is 0 Å². The van der Waals surface area contributed by atoms with Gasteiger partial charge in [-0.3, -0.25) is 18.9 Å². The van der Waals surface area contributed by atoms with Gasteiger partial charge in [0.05, 0.1) is 0 Å². The molecule has 0 aromatic carbocycles. The molecule has 0 N–H and O–H groups in total. The van der Waals surface area contributed by atoms with Crippen LogP contribution in [0.3, 0.4) is 0 Å². The summed E-state index contributed by atoms with van der Waals surface area (Å²) in [7, 11) is 0. The number of imidazole rings is 1. The number of pyridine rings is 1. The zero-order chi connectivity index (χ0) is 22.1. The number of carbonyl (C=O) groups excluding carboxylic acids is 2. The lowest BCUT2D eigenvalue weighted by molar-refractivity contribution is -0.142. The molecule has 0 bridgehead atoms. The first-order valence-electron chi connectivity index (χ1n) is 10.9. The van der Waals surface area contributed by atoms with Crippen molar-refractivity contribution in [3.63, 3.8) is 0 Å². The quantitative estimate of drug-likeness (QED) is 0.542. The molecule has 7 nitrogen and oxygen atoms in total. The summed E-state index contributed by atoms with van der Waals surface area (Å²) in [5, 5.41) is 0. The second kappa shape index (κ2) is 8.57. The molecule has 0 atom stereocenters. The molecule has 0 spiro atoms. The number of amides is 1. The molecule has 0 aliphatic heterocycles. The maximum Gasteiger partial charge on any atom is 0.303 e. The van der Waals surface area contributed by atoms with E-state index in [9.17, 15) is 9.59 Å². The second-order valence-corrected chi connectivity index (χ2v) is 8.38. The average Bonchev–Trinajstić information content (AvgIpc) is 3.32. The summed E-state index contributed by atoms with van der Waals surface area (Å²) in [6, 6.07) is 7.85. The number of rotatable bonds is 5. The highest BCUT2D eigenvalue weighted by atomic mass is 16.5. The Kier molecular flexibility index (Phi) is 5.85. The Morgan fingerprint density at radius 1 is 1.16 bits per heavy atom. The Morgan fingerprint density at radius 3 is 2.58 bits per heavy atom. The first-order valence-corrected chi connectivity index (χ1v) is 10.9. The molecule has 3 heterocycles. The monoisotopic (exact) mass is 423 g/mol. The number of ether oxygens (including phenoxy) is 1. The van der Waals surface area contributed by atoms with Crippen molar-refractivity contribution in [2.75, 3.05) is 4.90 Å². The number of esters is 1. The summed E-state index contributed by atoms with van der Waals surface area (Å²) in [6.07, 6.45) is 5.40. The van der Waals surface area contributed by atoms with Crippen LogP contribution in [-0.4, -0.2) is 27.3 Å². The lowest BCUT2D eigenvalue weighted by Crippen LogP contribution is -2.41. The molecule has 7 heteroatoms. The van der Waals surface area contributed by atoms with Crippen LogP contribution in [0.1, 0.15) is 63.0 Å². The van der Waals surface area contributed by atoms with Gasteiger partial charge in [-0.15, -0.1) is 0 Å². The molecule has 164 valence electrons. The van der Waals surface area contributed by atoms with Gasteiger partial charge in [-0.25, -0.2) is 4.98 Å². The Balaban J connectivity index is 1.88. The topological polar surface area (TPSA) is 77.0 Å². The van der Waals surface area contributed by atoms with Gasteiger partial charge in [0.1, 0.15) is 23.7 Å². The van der Waals surface area contributed by atoms with E-state index in [1.165, 1.54) is 13.3 Å². The molecule has 0 radical (unpaired) electrons. The Morgan fingerprint density at radius 2 is 1.90 bits per heavy atom. The SMILES string of the molecule is CC(=O)OCc1ccc(-c2nc3cc(C)cc(C)n3c2N(C(C)=O)C2CCCCC2)o1. The molecule has 1 aliphatic carbocycles. The third-order valence-corrected chi connectivity index (χ3v) is 5.85. The van der Waals surface area contributed by atoms with Gasteiger partial charge >= 0.3 is 5.97 Å². The molecule has 3 aromatic heterocycles. The summed E-state index contributed by atoms with van der Waals surface area (Å²) < 4.78 is 13.1. The van der Waals surface area contributed by atoms with Crippen LogP contribution in [-0.2, 0) is 20.9 Å². The summed E-state index contributed by atoms with van der Waals surface area (Å²) in [4.78, 5) is 30.9. The van der Waals surface area contributed by atoms with Gasteiger partial charge in [0.2, 0.25) is 5.91 Å². The van der Waals surface area contributed by atoms with Gasteiger partial charge in [-0.1, -0.05) is 19.3 Å². The standard InChI is InChI=1S/C24H29N3O4/c1-15-12-16(2)26-22(13-15)25-23(21-11-10-20(31-21)14-30-18(4)29)24(26)27(17(3)28)19-8-6-5-7-9-19/h10-13,19H,5-9,14H2,1-4H3. The van der Waals surface area contributed by atoms with Crippen LogP contribution in [0.5, 0.6) is 0 Å². The molecule has 4 rings (SSSR count). The van der Waals surface area contributed by atoms with Crippen LogP contribution in [0, 0.1) is 13.8 Å². The fourth-order valence-corrected chi connectivity index (χ4v) is 4.57. The molecule has 1 saturated carbocycles. The average molecular weight is 424 g/mol. The number of furan rings is 1. The molecule has 3 aromatic rings. The van der Waals surface area contributed by atoms with Crippen molar-refractivity contribution in [3.05, 3.63) is 41.3 Å². The fraction of sp³-hybridized carbons (Fsp3) is 0.458. The van der Waals surface area contributed by atoms with Crippen molar-refractivity contribution >= 4 is 23.3 Å². The normalized spacial score (nSPS) is 14.7. The molecule has 0 unspecified atom stereocenters. The van der Waals surface area contributed by atoms with E-state index in [0.29, 0.717) is 17.2 Å². The van der Waals surface area contributed by atoms with Crippen LogP contribution < -0.4 is 4.90 Å². The van der Waals surface area contributed by atoms with Crippen LogP contribution in [0.2, 0.25) is 0 Å². The first-order chi connectivity index (χ1) is 14.8. The van der Waals surface area contributed by atoms with E-state index in [4.69, 9.17) is 14.1 Å². The zero-order valence-corrected chi connectivity index (χ0v) is 18.6. The Bertz CT molecular complexity index is 1120. The highest BCUT2D eigenvalue weighted by Crippen LogP contribution is 2.37. The number of nitrogens with zero attached hydrogens (tertiary/aromatic N) is 3. The highest BCUT2D eigenvalue weighted by molar-refractivity contribution is 5.95. The minimum absolute atomic E-state index is 0.00150. The van der Waals surface area contributed by atoms with E-state index in [2.05, 4.69) is 6.07 Å². The number of aromatic nitrogens is 2. The molecule has 1 amide bonds. The van der Waals surface area contributed by atoms with Gasteiger partial charge in [-0.2, -0.15) is 0 Å². The molecular formula is C24H29N3O4.